The van der Waals surface area contributed by atoms with E-state index in [1.165, 1.54) is 12.1 Å². The summed E-state index contributed by atoms with van der Waals surface area (Å²) in [6.07, 6.45) is -5.23. The summed E-state index contributed by atoms with van der Waals surface area (Å²) in [5.74, 6) is -4.08. The summed E-state index contributed by atoms with van der Waals surface area (Å²) in [5, 5.41) is 9.09. The second kappa shape index (κ2) is 4.41. The van der Waals surface area contributed by atoms with Crippen LogP contribution in [-0.4, -0.2) is 27.7 Å². The molecule has 0 spiro atoms. The lowest BCUT2D eigenvalue weighted by Crippen LogP contribution is -2.31. The number of nitrogens with zero attached hydrogens (tertiary/aromatic N) is 1. The van der Waals surface area contributed by atoms with Crippen molar-refractivity contribution in [1.29, 1.82) is 0 Å². The maximum absolute atomic E-state index is 12.6. The van der Waals surface area contributed by atoms with Crippen molar-refractivity contribution in [3.8, 4) is 0 Å². The normalized spacial score (nSPS) is 11.8. The molecule has 0 bridgehead atoms. The number of anilines is 1. The highest BCUT2D eigenvalue weighted by Crippen LogP contribution is 2.33. The van der Waals surface area contributed by atoms with Gasteiger partial charge in [0.25, 0.3) is 0 Å². The lowest BCUT2D eigenvalue weighted by molar-refractivity contribution is -0.0943. The Morgan fingerprint density at radius 1 is 1.30 bits per heavy atom. The van der Waals surface area contributed by atoms with Crippen molar-refractivity contribution >= 4 is 40.1 Å². The van der Waals surface area contributed by atoms with Gasteiger partial charge in [0.05, 0.1) is 11.2 Å². The zero-order valence-corrected chi connectivity index (χ0v) is 10.3. The highest BCUT2D eigenvalue weighted by molar-refractivity contribution is 6.31. The molecule has 9 heteroatoms. The SMILES string of the molecule is Nc1c(C(=O)O)n(C(=O)C(F)(F)F)c2ccc(Cl)cc12. The number of carbonyl (C=O) groups is 2. The van der Waals surface area contributed by atoms with Crippen molar-refractivity contribution in [1.82, 2.24) is 4.57 Å². The number of alkyl halides is 3. The number of hydrogen-bond donors (Lipinski definition) is 2. The molecule has 3 N–H and O–H groups in total. The first-order chi connectivity index (χ1) is 9.14. The van der Waals surface area contributed by atoms with Gasteiger partial charge in [-0.1, -0.05) is 11.6 Å². The minimum Gasteiger partial charge on any atom is -0.476 e. The summed E-state index contributed by atoms with van der Waals surface area (Å²) < 4.78 is 37.7. The van der Waals surface area contributed by atoms with E-state index in [0.29, 0.717) is 0 Å². The Kier molecular flexibility index (Phi) is 3.13. The molecule has 2 aromatic rings. The molecule has 20 heavy (non-hydrogen) atoms. The Labute approximate surface area is 114 Å². The largest absolute Gasteiger partial charge is 0.476 e. The first-order valence-electron chi connectivity index (χ1n) is 5.09. The third-order valence-electron chi connectivity index (χ3n) is 2.62. The Bertz CT molecular complexity index is 737. The molecule has 0 atom stereocenters. The molecule has 0 amide bonds. The predicted molar refractivity (Wildman–Crippen MR) is 65.0 cm³/mol. The number of nitrogens with two attached hydrogens (primary N) is 1. The third-order valence-corrected chi connectivity index (χ3v) is 2.85. The summed E-state index contributed by atoms with van der Waals surface area (Å²) in [6, 6.07) is 3.53. The van der Waals surface area contributed by atoms with E-state index in [1.807, 2.05) is 0 Å². The monoisotopic (exact) mass is 306 g/mol. The molecule has 0 aliphatic rings. The molecule has 0 aliphatic carbocycles. The first kappa shape index (κ1) is 14.2. The van der Waals surface area contributed by atoms with Gasteiger partial charge in [0.2, 0.25) is 0 Å². The van der Waals surface area contributed by atoms with Gasteiger partial charge in [-0.3, -0.25) is 9.36 Å². The van der Waals surface area contributed by atoms with Gasteiger partial charge in [0, 0.05) is 10.4 Å². The predicted octanol–water partition coefficient (Wildman–Crippen LogP) is 2.78. The molecule has 0 fully saturated rings. The molecule has 1 aromatic heterocycles. The van der Waals surface area contributed by atoms with Gasteiger partial charge in [0.15, 0.2) is 5.69 Å². The quantitative estimate of drug-likeness (QED) is 0.848. The Morgan fingerprint density at radius 2 is 1.90 bits per heavy atom. The van der Waals surface area contributed by atoms with E-state index >= 15 is 0 Å². The van der Waals surface area contributed by atoms with Crippen LogP contribution >= 0.6 is 11.6 Å². The molecular weight excluding hydrogens is 301 g/mol. The lowest BCUT2D eigenvalue weighted by Gasteiger charge is -2.09. The summed E-state index contributed by atoms with van der Waals surface area (Å²) in [5.41, 5.74) is 3.85. The first-order valence-corrected chi connectivity index (χ1v) is 5.46. The van der Waals surface area contributed by atoms with E-state index < -0.39 is 29.4 Å². The maximum atomic E-state index is 12.6. The second-order valence-corrected chi connectivity index (χ2v) is 4.30. The Morgan fingerprint density at radius 3 is 2.40 bits per heavy atom. The van der Waals surface area contributed by atoms with Crippen molar-refractivity contribution in [2.75, 3.05) is 5.73 Å². The number of benzene rings is 1. The van der Waals surface area contributed by atoms with Gasteiger partial charge in [-0.15, -0.1) is 0 Å². The fraction of sp³-hybridized carbons (Fsp3) is 0.0909. The number of aromatic carboxylic acids is 1. The van der Waals surface area contributed by atoms with E-state index in [9.17, 15) is 22.8 Å². The average molecular weight is 307 g/mol. The fourth-order valence-corrected chi connectivity index (χ4v) is 2.01. The highest BCUT2D eigenvalue weighted by Gasteiger charge is 2.43. The summed E-state index contributed by atoms with van der Waals surface area (Å²) in [6.45, 7) is 0. The number of hydrogen-bond acceptors (Lipinski definition) is 3. The zero-order chi connectivity index (χ0) is 15.2. The van der Waals surface area contributed by atoms with Crippen LogP contribution in [0.3, 0.4) is 0 Å². The van der Waals surface area contributed by atoms with Crippen LogP contribution in [0.4, 0.5) is 18.9 Å². The van der Waals surface area contributed by atoms with Gasteiger partial charge in [0.1, 0.15) is 0 Å². The van der Waals surface area contributed by atoms with Crippen LogP contribution in [0.2, 0.25) is 5.02 Å². The number of nitrogen functional groups attached to an aromatic ring is 1. The summed E-state index contributed by atoms with van der Waals surface area (Å²) in [4.78, 5) is 22.5. The molecule has 0 saturated heterocycles. The Balaban J connectivity index is 2.91. The molecule has 2 rings (SSSR count). The minimum absolute atomic E-state index is 0.0311. The molecular formula is C11H6ClF3N2O3. The van der Waals surface area contributed by atoms with Crippen molar-refractivity contribution in [3.63, 3.8) is 0 Å². The van der Waals surface area contributed by atoms with Crippen LogP contribution in [0.5, 0.6) is 0 Å². The summed E-state index contributed by atoms with van der Waals surface area (Å²) >= 11 is 5.68. The van der Waals surface area contributed by atoms with E-state index in [2.05, 4.69) is 0 Å². The molecule has 1 aromatic carbocycles. The van der Waals surface area contributed by atoms with Crippen LogP contribution in [0.15, 0.2) is 18.2 Å². The number of carbonyl (C=O) groups excluding carboxylic acids is 1. The number of aromatic nitrogens is 1. The van der Waals surface area contributed by atoms with Crippen molar-refractivity contribution in [2.45, 2.75) is 6.18 Å². The van der Waals surface area contributed by atoms with Gasteiger partial charge in [-0.2, -0.15) is 13.2 Å². The lowest BCUT2D eigenvalue weighted by atomic mass is 10.2. The third kappa shape index (κ3) is 2.07. The smallest absolute Gasteiger partial charge is 0.472 e. The van der Waals surface area contributed by atoms with Crippen LogP contribution in [-0.2, 0) is 0 Å². The van der Waals surface area contributed by atoms with Crippen molar-refractivity contribution in [2.24, 2.45) is 0 Å². The van der Waals surface area contributed by atoms with Gasteiger partial charge in [-0.25, -0.2) is 4.79 Å². The number of carboxylic acid groups (broad SMARTS) is 1. The summed E-state index contributed by atoms with van der Waals surface area (Å²) in [7, 11) is 0. The number of rotatable bonds is 1. The van der Waals surface area contributed by atoms with E-state index in [4.69, 9.17) is 22.4 Å². The molecule has 0 unspecified atom stereocenters. The highest BCUT2D eigenvalue weighted by atomic mass is 35.5. The maximum Gasteiger partial charge on any atom is 0.472 e. The fourth-order valence-electron chi connectivity index (χ4n) is 1.84. The topological polar surface area (TPSA) is 85.3 Å². The zero-order valence-electron chi connectivity index (χ0n) is 9.53. The van der Waals surface area contributed by atoms with Crippen LogP contribution in [0, 0.1) is 0 Å². The van der Waals surface area contributed by atoms with Gasteiger partial charge >= 0.3 is 18.1 Å². The molecule has 5 nitrogen and oxygen atoms in total. The number of carboxylic acids is 1. The van der Waals surface area contributed by atoms with Crippen LogP contribution in [0.25, 0.3) is 10.9 Å². The van der Waals surface area contributed by atoms with E-state index in [1.54, 1.807) is 0 Å². The molecule has 1 heterocycles. The second-order valence-electron chi connectivity index (χ2n) is 3.87. The minimum atomic E-state index is -5.23. The van der Waals surface area contributed by atoms with Crippen LogP contribution in [0.1, 0.15) is 15.3 Å². The molecule has 0 radical (unpaired) electrons. The average Bonchev–Trinajstić information content (AvgIpc) is 2.60. The van der Waals surface area contributed by atoms with E-state index in [0.717, 1.165) is 6.07 Å². The number of fused-ring (bicyclic) bond motifs is 1. The molecule has 0 aliphatic heterocycles. The standard InChI is InChI=1S/C11H6ClF3N2O3/c12-4-1-2-6-5(3-4)7(16)8(9(18)19)17(6)10(20)11(13,14)15/h1-3H,16H2,(H,18,19). The van der Waals surface area contributed by atoms with E-state index in [-0.39, 0.29) is 20.5 Å². The Hall–Kier alpha value is -2.22. The van der Waals surface area contributed by atoms with Gasteiger partial charge < -0.3 is 10.8 Å². The van der Waals surface area contributed by atoms with Gasteiger partial charge in [-0.05, 0) is 18.2 Å². The van der Waals surface area contributed by atoms with Crippen molar-refractivity contribution in [3.05, 3.63) is 28.9 Å². The molecule has 106 valence electrons. The van der Waals surface area contributed by atoms with Crippen LogP contribution < -0.4 is 5.73 Å². The number of halogens is 4. The van der Waals surface area contributed by atoms with Crippen molar-refractivity contribution < 1.29 is 27.9 Å². The molecule has 0 saturated carbocycles.